The van der Waals surface area contributed by atoms with Gasteiger partial charge in [-0.15, -0.1) is 5.73 Å². The van der Waals surface area contributed by atoms with Gasteiger partial charge in [-0.25, -0.2) is 0 Å². The van der Waals surface area contributed by atoms with Gasteiger partial charge >= 0.3 is 0 Å². The van der Waals surface area contributed by atoms with E-state index in [4.69, 9.17) is 0 Å². The fourth-order valence-electron chi connectivity index (χ4n) is 3.29. The molecule has 1 atom stereocenters. The minimum atomic E-state index is -0.435. The number of nitrogens with one attached hydrogen (secondary N) is 1. The van der Waals surface area contributed by atoms with Crippen molar-refractivity contribution in [2.45, 2.75) is 12.2 Å². The lowest BCUT2D eigenvalue weighted by Crippen LogP contribution is -2.60. The molecule has 1 aromatic heterocycles. The number of carbonyl (C=O) groups is 1. The van der Waals surface area contributed by atoms with Gasteiger partial charge in [-0.3, -0.25) is 10.1 Å². The number of rotatable bonds is 1. The van der Waals surface area contributed by atoms with Gasteiger partial charge in [0.15, 0.2) is 0 Å². The van der Waals surface area contributed by atoms with Gasteiger partial charge < -0.3 is 9.47 Å². The Hall–Kier alpha value is -2.29. The molecule has 3 aliphatic rings. The average molecular weight is 265 g/mol. The highest BCUT2D eigenvalue weighted by Crippen LogP contribution is 2.34. The highest BCUT2D eigenvalue weighted by atomic mass is 16.2. The average Bonchev–Trinajstić information content (AvgIpc) is 2.99. The number of hydrogen-bond donors (Lipinski definition) is 1. The molecule has 100 valence electrons. The number of nitrogens with zero attached hydrogens (tertiary/aromatic N) is 2. The molecule has 20 heavy (non-hydrogen) atoms. The summed E-state index contributed by atoms with van der Waals surface area (Å²) in [5.41, 5.74) is 4.51. The van der Waals surface area contributed by atoms with Crippen LogP contribution in [0.5, 0.6) is 0 Å². The standard InChI is InChI=1S/C16H15N3O/c20-15-14-8-5-10-18(14)12-16(17-9-11-19(15)16)13-6-3-1-2-4-7-13/h1,3-8,10,17H,9,11-12H2. The van der Waals surface area contributed by atoms with Crippen molar-refractivity contribution in [3.8, 4) is 0 Å². The lowest BCUT2D eigenvalue weighted by Gasteiger charge is -2.43. The third kappa shape index (κ3) is 1.43. The molecule has 3 heterocycles. The molecule has 1 aromatic rings. The van der Waals surface area contributed by atoms with Crippen LogP contribution < -0.4 is 5.32 Å². The summed E-state index contributed by atoms with van der Waals surface area (Å²) >= 11 is 0. The molecular weight excluding hydrogens is 250 g/mol. The van der Waals surface area contributed by atoms with Gasteiger partial charge in [-0.2, -0.15) is 0 Å². The Balaban J connectivity index is 1.86. The van der Waals surface area contributed by atoms with Crippen molar-refractivity contribution in [1.82, 2.24) is 14.8 Å². The first kappa shape index (κ1) is 11.5. The largest absolute Gasteiger partial charge is 0.339 e. The van der Waals surface area contributed by atoms with Crippen molar-refractivity contribution < 1.29 is 4.79 Å². The molecule has 4 heteroatoms. The fourth-order valence-corrected chi connectivity index (χ4v) is 3.29. The van der Waals surface area contributed by atoms with Crippen LogP contribution in [0.15, 0.2) is 60.0 Å². The van der Waals surface area contributed by atoms with Gasteiger partial charge in [0.1, 0.15) is 11.4 Å². The maximum atomic E-state index is 12.7. The molecule has 0 radical (unpaired) electrons. The summed E-state index contributed by atoms with van der Waals surface area (Å²) in [6.45, 7) is 2.30. The van der Waals surface area contributed by atoms with Gasteiger partial charge in [0, 0.05) is 19.3 Å². The monoisotopic (exact) mass is 265 g/mol. The van der Waals surface area contributed by atoms with Crippen molar-refractivity contribution >= 4 is 5.91 Å². The van der Waals surface area contributed by atoms with E-state index in [1.807, 2.05) is 52.1 Å². The summed E-state index contributed by atoms with van der Waals surface area (Å²) in [5, 5.41) is 3.53. The second-order valence-corrected chi connectivity index (χ2v) is 5.25. The molecule has 4 nitrogen and oxygen atoms in total. The lowest BCUT2D eigenvalue weighted by molar-refractivity contribution is 0.0517. The second-order valence-electron chi connectivity index (χ2n) is 5.25. The van der Waals surface area contributed by atoms with Crippen molar-refractivity contribution in [3.63, 3.8) is 0 Å². The number of carbonyl (C=O) groups excluding carboxylic acids is 1. The van der Waals surface area contributed by atoms with E-state index in [1.165, 1.54) is 0 Å². The second kappa shape index (κ2) is 4.10. The van der Waals surface area contributed by atoms with Gasteiger partial charge in [0.2, 0.25) is 0 Å². The molecule has 1 N–H and O–H groups in total. The van der Waals surface area contributed by atoms with E-state index >= 15 is 0 Å². The number of hydrogen-bond acceptors (Lipinski definition) is 2. The normalized spacial score (nSPS) is 27.3. The van der Waals surface area contributed by atoms with E-state index in [0.717, 1.165) is 30.9 Å². The molecule has 1 saturated heterocycles. The zero-order valence-corrected chi connectivity index (χ0v) is 11.0. The number of amides is 1. The zero-order chi connectivity index (χ0) is 13.6. The van der Waals surface area contributed by atoms with Gasteiger partial charge in [0.05, 0.1) is 6.54 Å². The SMILES string of the molecule is O=C1c2cccn2CC2(C3=CC=C=CC=C3)NCCN12. The fraction of sp³-hybridized carbons (Fsp3) is 0.250. The summed E-state index contributed by atoms with van der Waals surface area (Å²) in [5.74, 6) is 0.0988. The first-order chi connectivity index (χ1) is 9.81. The predicted octanol–water partition coefficient (Wildman–Crippen LogP) is 1.45. The first-order valence-electron chi connectivity index (χ1n) is 6.83. The molecule has 4 rings (SSSR count). The van der Waals surface area contributed by atoms with Crippen LogP contribution in [0.4, 0.5) is 0 Å². The van der Waals surface area contributed by atoms with E-state index in [0.29, 0.717) is 0 Å². The molecule has 1 amide bonds. The van der Waals surface area contributed by atoms with Crippen LogP contribution in [0.3, 0.4) is 0 Å². The van der Waals surface area contributed by atoms with Crippen molar-refractivity contribution in [2.75, 3.05) is 13.1 Å². The van der Waals surface area contributed by atoms with E-state index in [1.54, 1.807) is 0 Å². The summed E-state index contributed by atoms with van der Waals surface area (Å²) in [6, 6.07) is 3.82. The van der Waals surface area contributed by atoms with E-state index < -0.39 is 5.66 Å². The number of aromatic nitrogens is 1. The lowest BCUT2D eigenvalue weighted by atomic mass is 9.95. The van der Waals surface area contributed by atoms with Crippen LogP contribution in [0, 0.1) is 0 Å². The molecule has 0 saturated carbocycles. The number of allylic oxidation sites excluding steroid dienone is 3. The van der Waals surface area contributed by atoms with E-state index in [9.17, 15) is 4.79 Å². The van der Waals surface area contributed by atoms with Crippen LogP contribution in [0.25, 0.3) is 0 Å². The Morgan fingerprint density at radius 1 is 1.35 bits per heavy atom. The van der Waals surface area contributed by atoms with Gasteiger partial charge in [0.25, 0.3) is 5.91 Å². The Morgan fingerprint density at radius 2 is 2.30 bits per heavy atom. The first-order valence-corrected chi connectivity index (χ1v) is 6.83. The Bertz CT molecular complexity index is 703. The summed E-state index contributed by atoms with van der Waals surface area (Å²) in [7, 11) is 0. The van der Waals surface area contributed by atoms with Crippen molar-refractivity contribution in [3.05, 3.63) is 65.7 Å². The summed E-state index contributed by atoms with van der Waals surface area (Å²) in [6.07, 6.45) is 11.8. The third-order valence-corrected chi connectivity index (χ3v) is 4.21. The highest BCUT2D eigenvalue weighted by molar-refractivity contribution is 5.95. The van der Waals surface area contributed by atoms with Crippen LogP contribution in [0.1, 0.15) is 10.5 Å². The van der Waals surface area contributed by atoms with Crippen LogP contribution >= 0.6 is 0 Å². The molecule has 1 unspecified atom stereocenters. The Kier molecular flexibility index (Phi) is 2.36. The quantitative estimate of drug-likeness (QED) is 0.780. The Morgan fingerprint density at radius 3 is 3.25 bits per heavy atom. The van der Waals surface area contributed by atoms with Crippen LogP contribution in [0.2, 0.25) is 0 Å². The summed E-state index contributed by atoms with van der Waals surface area (Å²) in [4.78, 5) is 14.6. The van der Waals surface area contributed by atoms with Crippen LogP contribution in [-0.4, -0.2) is 34.1 Å². The Labute approximate surface area is 117 Å². The topological polar surface area (TPSA) is 37.3 Å². The van der Waals surface area contributed by atoms with Crippen LogP contribution in [-0.2, 0) is 6.54 Å². The summed E-state index contributed by atoms with van der Waals surface area (Å²) < 4.78 is 2.04. The molecular formula is C16H15N3O. The molecule has 1 fully saturated rings. The third-order valence-electron chi connectivity index (χ3n) is 4.21. The smallest absolute Gasteiger partial charge is 0.272 e. The molecule has 2 aliphatic heterocycles. The maximum Gasteiger partial charge on any atom is 0.272 e. The predicted molar refractivity (Wildman–Crippen MR) is 76.1 cm³/mol. The molecule has 0 bridgehead atoms. The molecule has 0 aromatic carbocycles. The van der Waals surface area contributed by atoms with E-state index in [2.05, 4.69) is 17.1 Å². The zero-order valence-electron chi connectivity index (χ0n) is 11.0. The minimum Gasteiger partial charge on any atom is -0.339 e. The highest BCUT2D eigenvalue weighted by Gasteiger charge is 2.49. The van der Waals surface area contributed by atoms with Gasteiger partial charge in [-0.05, 0) is 35.9 Å². The van der Waals surface area contributed by atoms with Gasteiger partial charge in [-0.1, -0.05) is 12.2 Å². The van der Waals surface area contributed by atoms with Crippen molar-refractivity contribution in [2.24, 2.45) is 0 Å². The number of fused-ring (bicyclic) bond motifs is 2. The minimum absolute atomic E-state index is 0.0988. The maximum absolute atomic E-state index is 12.7. The van der Waals surface area contributed by atoms with Crippen molar-refractivity contribution in [1.29, 1.82) is 0 Å². The molecule has 1 aliphatic carbocycles. The molecule has 0 spiro atoms. The van der Waals surface area contributed by atoms with E-state index in [-0.39, 0.29) is 5.91 Å².